The second-order valence-electron chi connectivity index (χ2n) is 11.7. The first kappa shape index (κ1) is 28.7. The number of aldehydes is 8. The Morgan fingerprint density at radius 3 is 1.12 bits per heavy atom. The lowest BCUT2D eigenvalue weighted by molar-refractivity contribution is -0.179. The van der Waals surface area contributed by atoms with Gasteiger partial charge in [0.25, 0.3) is 0 Å². The van der Waals surface area contributed by atoms with Gasteiger partial charge in [-0.2, -0.15) is 0 Å². The number of carbonyl (C=O) groups excluding carboxylic acids is 8. The number of hydrogen-bond acceptors (Lipinski definition) is 12. The molecule has 4 bridgehead atoms. The maximum absolute atomic E-state index is 13.2. The molecule has 0 spiro atoms. The van der Waals surface area contributed by atoms with Gasteiger partial charge in [-0.05, 0) is 25.7 Å². The zero-order valence-electron chi connectivity index (χ0n) is 22.6. The van der Waals surface area contributed by atoms with Crippen LogP contribution in [0.1, 0.15) is 51.4 Å². The maximum Gasteiger partial charge on any atom is 0.155 e. The molecular formula is C28H36N4O8. The third-order valence-electron chi connectivity index (χ3n) is 11.0. The van der Waals surface area contributed by atoms with Gasteiger partial charge in [-0.3, -0.25) is 29.2 Å². The molecule has 2 aliphatic carbocycles. The third kappa shape index (κ3) is 2.80. The van der Waals surface area contributed by atoms with Crippen molar-refractivity contribution in [2.45, 2.75) is 73.8 Å². The van der Waals surface area contributed by atoms with E-state index in [0.717, 1.165) is 50.3 Å². The Balaban J connectivity index is 1.69. The summed E-state index contributed by atoms with van der Waals surface area (Å²) >= 11 is 0. The SMILES string of the molecule is O=CCCC1(C=O)N2CCN1CCN1C(C=O)(CCC=O)N(CC2)C23C(C=O)(CCC=O)C12C3(C=O)CCC=O. The van der Waals surface area contributed by atoms with Crippen LogP contribution in [0.15, 0.2) is 0 Å². The summed E-state index contributed by atoms with van der Waals surface area (Å²) in [4.78, 5) is 105. The molecule has 40 heavy (non-hydrogen) atoms. The fourth-order valence-electron chi connectivity index (χ4n) is 9.93. The molecule has 5 aliphatic rings. The minimum atomic E-state index is -1.28. The summed E-state index contributed by atoms with van der Waals surface area (Å²) in [5, 5.41) is 0. The van der Waals surface area contributed by atoms with Gasteiger partial charge < -0.3 is 28.8 Å². The second kappa shape index (κ2) is 9.93. The highest BCUT2D eigenvalue weighted by Gasteiger charge is 3.19. The van der Waals surface area contributed by atoms with Crippen molar-refractivity contribution >= 4 is 50.3 Å². The zero-order valence-corrected chi connectivity index (χ0v) is 22.6. The van der Waals surface area contributed by atoms with E-state index in [9.17, 15) is 38.4 Å². The molecule has 5 fully saturated rings. The summed E-state index contributed by atoms with van der Waals surface area (Å²) in [7, 11) is 0. The van der Waals surface area contributed by atoms with E-state index in [-0.39, 0.29) is 58.0 Å². The molecule has 3 heterocycles. The van der Waals surface area contributed by atoms with Crippen LogP contribution in [0.2, 0.25) is 0 Å². The van der Waals surface area contributed by atoms with Crippen LogP contribution in [0.3, 0.4) is 0 Å². The lowest BCUT2D eigenvalue weighted by Gasteiger charge is -2.58. The van der Waals surface area contributed by atoms with Gasteiger partial charge >= 0.3 is 0 Å². The maximum atomic E-state index is 13.2. The molecule has 0 aromatic heterocycles. The highest BCUT2D eigenvalue weighted by Crippen LogP contribution is 3.02. The van der Waals surface area contributed by atoms with E-state index in [1.165, 1.54) is 0 Å². The molecular weight excluding hydrogens is 520 g/mol. The van der Waals surface area contributed by atoms with Gasteiger partial charge in [0.15, 0.2) is 12.6 Å². The van der Waals surface area contributed by atoms with Gasteiger partial charge in [0.1, 0.15) is 49.0 Å². The molecule has 4 atom stereocenters. The standard InChI is InChI=1S/C28H36N4O8/c33-15-1-5-23(19-37)27-24(20-38,6-2-16-34)28(23,27)32-14-12-30-10-9-29(25(30,21-39)7-3-17-35)11-13-31(27)26(32,22-40)8-4-18-36/h15-22H,1-14H2. The van der Waals surface area contributed by atoms with Crippen molar-refractivity contribution < 1.29 is 38.4 Å². The van der Waals surface area contributed by atoms with E-state index in [2.05, 4.69) is 0 Å². The number of rotatable bonds is 16. The van der Waals surface area contributed by atoms with Gasteiger partial charge in [0, 0.05) is 65.0 Å². The van der Waals surface area contributed by atoms with Crippen molar-refractivity contribution in [3.05, 3.63) is 0 Å². The quantitative estimate of drug-likeness (QED) is 0.211. The molecule has 0 radical (unpaired) electrons. The van der Waals surface area contributed by atoms with E-state index < -0.39 is 33.2 Å². The zero-order chi connectivity index (χ0) is 28.9. The molecule has 5 rings (SSSR count). The minimum absolute atomic E-state index is 0.0772. The first-order valence-corrected chi connectivity index (χ1v) is 14.1. The van der Waals surface area contributed by atoms with Gasteiger partial charge in [0.2, 0.25) is 0 Å². The largest absolute Gasteiger partial charge is 0.303 e. The average Bonchev–Trinajstić information content (AvgIpc) is 3.60. The van der Waals surface area contributed by atoms with Gasteiger partial charge in [-0.25, -0.2) is 0 Å². The molecule has 0 aromatic carbocycles. The Labute approximate surface area is 232 Å². The highest BCUT2D eigenvalue weighted by atomic mass is 16.1. The minimum Gasteiger partial charge on any atom is -0.303 e. The molecule has 216 valence electrons. The Bertz CT molecular complexity index is 1050. The number of fused-ring (bicyclic) bond motifs is 4. The van der Waals surface area contributed by atoms with E-state index in [0.29, 0.717) is 32.6 Å². The summed E-state index contributed by atoms with van der Waals surface area (Å²) in [6.45, 7) is 2.13. The predicted octanol–water partition coefficient (Wildman–Crippen LogP) is -1.18. The van der Waals surface area contributed by atoms with Crippen LogP contribution in [0.4, 0.5) is 0 Å². The van der Waals surface area contributed by atoms with E-state index >= 15 is 0 Å². The number of nitrogens with zero attached hydrogens (tertiary/aromatic N) is 4. The van der Waals surface area contributed by atoms with E-state index in [4.69, 9.17) is 0 Å². The predicted molar refractivity (Wildman–Crippen MR) is 138 cm³/mol. The van der Waals surface area contributed by atoms with Crippen molar-refractivity contribution in [3.63, 3.8) is 0 Å². The normalized spacial score (nSPS) is 47.6. The van der Waals surface area contributed by atoms with Crippen molar-refractivity contribution in [1.82, 2.24) is 19.6 Å². The monoisotopic (exact) mass is 556 g/mol. The van der Waals surface area contributed by atoms with E-state index in [1.54, 1.807) is 0 Å². The van der Waals surface area contributed by atoms with Crippen LogP contribution in [0.5, 0.6) is 0 Å². The van der Waals surface area contributed by atoms with Crippen molar-refractivity contribution in [1.29, 1.82) is 0 Å². The lowest BCUT2D eigenvalue weighted by Crippen LogP contribution is -2.74. The fourth-order valence-corrected chi connectivity index (χ4v) is 9.93. The smallest absolute Gasteiger partial charge is 0.155 e. The van der Waals surface area contributed by atoms with Crippen LogP contribution < -0.4 is 0 Å². The second-order valence-corrected chi connectivity index (χ2v) is 11.7. The first-order chi connectivity index (χ1) is 19.4. The van der Waals surface area contributed by atoms with Gasteiger partial charge in [-0.15, -0.1) is 0 Å². The molecule has 2 saturated carbocycles. The van der Waals surface area contributed by atoms with Crippen LogP contribution in [0.25, 0.3) is 0 Å². The van der Waals surface area contributed by atoms with Crippen molar-refractivity contribution in [2.75, 3.05) is 39.3 Å². The summed E-state index contributed by atoms with van der Waals surface area (Å²) in [5.41, 5.74) is -6.75. The topological polar surface area (TPSA) is 150 Å². The fraction of sp³-hybridized carbons (Fsp3) is 0.714. The summed E-state index contributed by atoms with van der Waals surface area (Å²) in [6, 6.07) is 0. The molecule has 0 amide bonds. The Morgan fingerprint density at radius 2 is 0.775 bits per heavy atom. The summed E-state index contributed by atoms with van der Waals surface area (Å²) in [5.74, 6) is 0. The van der Waals surface area contributed by atoms with Crippen LogP contribution in [-0.4, -0.2) is 132 Å². The van der Waals surface area contributed by atoms with E-state index in [1.807, 2.05) is 19.6 Å². The third-order valence-corrected chi connectivity index (χ3v) is 11.0. The van der Waals surface area contributed by atoms with Gasteiger partial charge in [-0.1, -0.05) is 0 Å². The Hall–Kier alpha value is -2.80. The van der Waals surface area contributed by atoms with Crippen molar-refractivity contribution in [3.8, 4) is 0 Å². The summed E-state index contributed by atoms with van der Waals surface area (Å²) in [6.07, 6.45) is 7.66. The van der Waals surface area contributed by atoms with Gasteiger partial charge in [0.05, 0.1) is 21.9 Å². The molecule has 12 nitrogen and oxygen atoms in total. The average molecular weight is 557 g/mol. The molecule has 0 N–H and O–H groups in total. The number of carbonyl (C=O) groups is 8. The first-order valence-electron chi connectivity index (χ1n) is 14.1. The molecule has 3 aliphatic heterocycles. The summed E-state index contributed by atoms with van der Waals surface area (Å²) < 4.78 is 0. The molecule has 4 unspecified atom stereocenters. The molecule has 12 heteroatoms. The Kier molecular flexibility index (Phi) is 7.13. The highest BCUT2D eigenvalue weighted by molar-refractivity contribution is 6.00. The molecule has 0 aromatic rings. The van der Waals surface area contributed by atoms with Crippen molar-refractivity contribution in [2.24, 2.45) is 10.8 Å². The molecule has 3 saturated heterocycles. The van der Waals surface area contributed by atoms with Crippen LogP contribution in [0, 0.1) is 10.8 Å². The number of hydrogen-bond donors (Lipinski definition) is 0. The van der Waals surface area contributed by atoms with Crippen LogP contribution >= 0.6 is 0 Å². The lowest BCUT2D eigenvalue weighted by atomic mass is 9.66. The Morgan fingerprint density at radius 1 is 0.425 bits per heavy atom. The van der Waals surface area contributed by atoms with Crippen LogP contribution in [-0.2, 0) is 38.4 Å².